The molecule has 68 heavy (non-hydrogen) atoms. The maximum atomic E-state index is 13.0. The normalized spacial score (nSPS) is 20.1. The number of allylic oxidation sites excluding steroid dienone is 11. The van der Waals surface area contributed by atoms with E-state index in [1.165, 1.54) is 154 Å². The Kier molecular flexibility index (Phi) is 45.2. The van der Waals surface area contributed by atoms with Gasteiger partial charge in [0.25, 0.3) is 0 Å². The molecule has 0 aliphatic carbocycles. The van der Waals surface area contributed by atoms with Crippen LogP contribution in [-0.4, -0.2) is 87.5 Å². The number of unbranched alkanes of at least 4 members (excludes halogenated alkanes) is 27. The predicted octanol–water partition coefficient (Wildman–Crippen LogP) is 13.7. The van der Waals surface area contributed by atoms with Crippen molar-refractivity contribution in [3.63, 3.8) is 0 Å². The Labute approximate surface area is 417 Å². The van der Waals surface area contributed by atoms with Crippen molar-refractivity contribution in [1.29, 1.82) is 0 Å². The lowest BCUT2D eigenvalue weighted by atomic mass is 9.99. The predicted molar refractivity (Wildman–Crippen MR) is 285 cm³/mol. The topological polar surface area (TPSA) is 149 Å². The lowest BCUT2D eigenvalue weighted by Gasteiger charge is -2.40. The molecular weight excluding hydrogens is 851 g/mol. The van der Waals surface area contributed by atoms with Crippen LogP contribution in [0.5, 0.6) is 0 Å². The van der Waals surface area contributed by atoms with Crippen LogP contribution in [0.1, 0.15) is 239 Å². The molecule has 1 amide bonds. The summed E-state index contributed by atoms with van der Waals surface area (Å²) >= 11 is 0. The van der Waals surface area contributed by atoms with Crippen molar-refractivity contribution in [2.24, 2.45) is 0 Å². The third-order valence-electron chi connectivity index (χ3n) is 13.0. The van der Waals surface area contributed by atoms with Gasteiger partial charge in [0.2, 0.25) is 5.91 Å². The summed E-state index contributed by atoms with van der Waals surface area (Å²) < 4.78 is 11.3. The maximum absolute atomic E-state index is 13.0. The molecule has 394 valence electrons. The molecular formula is C59H105NO8. The number of amides is 1. The molecule has 0 saturated carbocycles. The van der Waals surface area contributed by atoms with Crippen molar-refractivity contribution in [1.82, 2.24) is 5.32 Å². The van der Waals surface area contributed by atoms with E-state index in [1.54, 1.807) is 6.08 Å². The van der Waals surface area contributed by atoms with Crippen LogP contribution in [0, 0.1) is 0 Å². The molecule has 0 aromatic rings. The fraction of sp³-hybridized carbons (Fsp3) is 0.780. The van der Waals surface area contributed by atoms with Gasteiger partial charge in [-0.2, -0.15) is 0 Å². The quantitative estimate of drug-likeness (QED) is 0.0261. The smallest absolute Gasteiger partial charge is 0.220 e. The van der Waals surface area contributed by atoms with Crippen LogP contribution >= 0.6 is 0 Å². The Bertz CT molecular complexity index is 1290. The fourth-order valence-electron chi connectivity index (χ4n) is 8.58. The van der Waals surface area contributed by atoms with Crippen LogP contribution in [-0.2, 0) is 14.3 Å². The van der Waals surface area contributed by atoms with Gasteiger partial charge >= 0.3 is 0 Å². The number of aliphatic hydroxyl groups excluding tert-OH is 5. The van der Waals surface area contributed by atoms with Gasteiger partial charge in [-0.3, -0.25) is 4.79 Å². The second-order valence-electron chi connectivity index (χ2n) is 19.3. The second kappa shape index (κ2) is 48.3. The second-order valence-corrected chi connectivity index (χ2v) is 19.3. The van der Waals surface area contributed by atoms with Crippen molar-refractivity contribution in [2.75, 3.05) is 13.2 Å². The molecule has 0 aromatic carbocycles. The van der Waals surface area contributed by atoms with Gasteiger partial charge in [-0.15, -0.1) is 0 Å². The van der Waals surface area contributed by atoms with Gasteiger partial charge in [-0.25, -0.2) is 0 Å². The van der Waals surface area contributed by atoms with E-state index in [9.17, 15) is 30.3 Å². The Morgan fingerprint density at radius 3 is 1.41 bits per heavy atom. The number of nitrogens with one attached hydrogen (secondary N) is 1. The first-order valence-corrected chi connectivity index (χ1v) is 28.2. The van der Waals surface area contributed by atoms with E-state index in [1.807, 2.05) is 6.08 Å². The highest BCUT2D eigenvalue weighted by Crippen LogP contribution is 2.23. The average Bonchev–Trinajstić information content (AvgIpc) is 3.34. The van der Waals surface area contributed by atoms with Gasteiger partial charge in [0.05, 0.1) is 25.4 Å². The minimum absolute atomic E-state index is 0.190. The Morgan fingerprint density at radius 2 is 0.926 bits per heavy atom. The van der Waals surface area contributed by atoms with Crippen LogP contribution in [0.4, 0.5) is 0 Å². The number of rotatable bonds is 47. The first-order chi connectivity index (χ1) is 33.3. The number of carbonyl (C=O) groups is 1. The molecule has 7 atom stereocenters. The summed E-state index contributed by atoms with van der Waals surface area (Å²) in [6, 6.07) is -0.826. The molecule has 9 heteroatoms. The Morgan fingerprint density at radius 1 is 0.515 bits per heavy atom. The van der Waals surface area contributed by atoms with Crippen molar-refractivity contribution in [3.05, 3.63) is 72.9 Å². The van der Waals surface area contributed by atoms with E-state index in [-0.39, 0.29) is 12.5 Å². The third-order valence-corrected chi connectivity index (χ3v) is 13.0. The summed E-state index contributed by atoms with van der Waals surface area (Å²) in [5.74, 6) is -0.190. The zero-order valence-electron chi connectivity index (χ0n) is 43.6. The number of hydrogen-bond acceptors (Lipinski definition) is 8. The van der Waals surface area contributed by atoms with E-state index in [0.717, 1.165) is 64.2 Å². The van der Waals surface area contributed by atoms with Gasteiger partial charge in [0.1, 0.15) is 24.4 Å². The maximum Gasteiger partial charge on any atom is 0.220 e. The SMILES string of the molecule is CC/C=C\C/C=C\C/C=C\C/C=C\CCCCCCCCCCCCCCC(=O)NC(COC1OC(CO)C(O)C(O)C1O)C(O)/C=C/CC/C=C/CCCCCCCCCCCCCCCC. The minimum Gasteiger partial charge on any atom is -0.394 e. The van der Waals surface area contributed by atoms with Gasteiger partial charge in [0, 0.05) is 6.42 Å². The summed E-state index contributed by atoms with van der Waals surface area (Å²) in [5, 5.41) is 54.5. The molecule has 7 unspecified atom stereocenters. The van der Waals surface area contributed by atoms with Gasteiger partial charge < -0.3 is 40.3 Å². The molecule has 0 radical (unpaired) electrons. The van der Waals surface area contributed by atoms with Crippen molar-refractivity contribution in [2.45, 2.75) is 281 Å². The van der Waals surface area contributed by atoms with Crippen LogP contribution in [0.25, 0.3) is 0 Å². The molecule has 9 nitrogen and oxygen atoms in total. The zero-order valence-corrected chi connectivity index (χ0v) is 43.6. The standard InChI is InChI=1S/C59H105NO8/c1-3-5-7-9-11-13-15-17-19-21-23-25-26-27-28-29-31-33-35-37-39-41-43-45-47-49-55(63)60-52(51-67-59-58(66)57(65)56(64)54(50-61)68-59)53(62)48-46-44-42-40-38-36-34-32-30-24-22-20-18-16-14-12-10-8-6-4-2/h5,7,11,13,17,19,23,25,38,40,46,48,52-54,56-59,61-62,64-66H,3-4,6,8-10,12,14-16,18,20-22,24,26-37,39,41-45,47,49-51H2,1-2H3,(H,60,63)/b7-5-,13-11-,19-17-,25-23-,40-38+,48-46+. The highest BCUT2D eigenvalue weighted by atomic mass is 16.7. The molecule has 1 saturated heterocycles. The first kappa shape index (κ1) is 63.6. The monoisotopic (exact) mass is 956 g/mol. The fourth-order valence-corrected chi connectivity index (χ4v) is 8.58. The summed E-state index contributed by atoms with van der Waals surface area (Å²) in [5.41, 5.74) is 0. The van der Waals surface area contributed by atoms with Gasteiger partial charge in [0.15, 0.2) is 6.29 Å². The van der Waals surface area contributed by atoms with E-state index in [0.29, 0.717) is 6.42 Å². The molecule has 1 rings (SSSR count). The summed E-state index contributed by atoms with van der Waals surface area (Å²) in [7, 11) is 0. The van der Waals surface area contributed by atoms with E-state index >= 15 is 0 Å². The summed E-state index contributed by atoms with van der Waals surface area (Å²) in [6.07, 6.45) is 59.6. The minimum atomic E-state index is -1.58. The van der Waals surface area contributed by atoms with Crippen molar-refractivity contribution in [3.8, 4) is 0 Å². The van der Waals surface area contributed by atoms with E-state index < -0.39 is 49.5 Å². The third kappa shape index (κ3) is 37.5. The Hall–Kier alpha value is -2.37. The van der Waals surface area contributed by atoms with Crippen LogP contribution < -0.4 is 5.32 Å². The average molecular weight is 956 g/mol. The molecule has 1 heterocycles. The number of ether oxygens (including phenoxy) is 2. The summed E-state index contributed by atoms with van der Waals surface area (Å²) in [4.78, 5) is 13.0. The zero-order chi connectivity index (χ0) is 49.4. The van der Waals surface area contributed by atoms with E-state index in [2.05, 4.69) is 79.9 Å². The number of carbonyl (C=O) groups excluding carboxylic acids is 1. The van der Waals surface area contributed by atoms with Gasteiger partial charge in [-0.05, 0) is 70.6 Å². The lowest BCUT2D eigenvalue weighted by molar-refractivity contribution is -0.302. The van der Waals surface area contributed by atoms with E-state index in [4.69, 9.17) is 9.47 Å². The largest absolute Gasteiger partial charge is 0.394 e. The first-order valence-electron chi connectivity index (χ1n) is 28.2. The van der Waals surface area contributed by atoms with Crippen LogP contribution in [0.15, 0.2) is 72.9 Å². The number of aliphatic hydroxyl groups is 5. The summed E-state index contributed by atoms with van der Waals surface area (Å²) in [6.45, 7) is 3.66. The van der Waals surface area contributed by atoms with Crippen molar-refractivity contribution >= 4 is 5.91 Å². The highest BCUT2D eigenvalue weighted by molar-refractivity contribution is 5.76. The van der Waals surface area contributed by atoms with Crippen molar-refractivity contribution < 1.29 is 39.8 Å². The molecule has 0 spiro atoms. The lowest BCUT2D eigenvalue weighted by Crippen LogP contribution is -2.60. The van der Waals surface area contributed by atoms with Crippen LogP contribution in [0.2, 0.25) is 0 Å². The molecule has 6 N–H and O–H groups in total. The van der Waals surface area contributed by atoms with Crippen LogP contribution in [0.3, 0.4) is 0 Å². The Balaban J connectivity index is 2.26. The molecule has 1 fully saturated rings. The molecule has 0 aromatic heterocycles. The molecule has 1 aliphatic rings. The highest BCUT2D eigenvalue weighted by Gasteiger charge is 2.44. The molecule has 1 aliphatic heterocycles. The van der Waals surface area contributed by atoms with Gasteiger partial charge in [-0.1, -0.05) is 234 Å². The molecule has 0 bridgehead atoms. The number of hydrogen-bond donors (Lipinski definition) is 6.